The molecule has 0 bridgehead atoms. The Bertz CT molecular complexity index is 405. The van der Waals surface area contributed by atoms with Gasteiger partial charge < -0.3 is 4.74 Å². The average molecular weight is 220 g/mol. The third kappa shape index (κ3) is 1.71. The summed E-state index contributed by atoms with van der Waals surface area (Å²) < 4.78 is 4.58. The van der Waals surface area contributed by atoms with Crippen molar-refractivity contribution in [3.63, 3.8) is 0 Å². The molecule has 0 saturated carbocycles. The van der Waals surface area contributed by atoms with Gasteiger partial charge in [-0.1, -0.05) is 18.2 Å². The predicted octanol–water partition coefficient (Wildman–Crippen LogP) is 1.41. The van der Waals surface area contributed by atoms with Crippen LogP contribution in [0.5, 0.6) is 0 Å². The second-order valence-electron chi connectivity index (χ2n) is 3.38. The summed E-state index contributed by atoms with van der Waals surface area (Å²) in [6, 6.07) is 9.27. The Balaban J connectivity index is 2.28. The van der Waals surface area contributed by atoms with E-state index < -0.39 is 6.09 Å². The molecular formula is C11H12N2O3. The first-order valence-electron chi connectivity index (χ1n) is 4.97. The zero-order valence-electron chi connectivity index (χ0n) is 8.92. The van der Waals surface area contributed by atoms with E-state index in [1.807, 2.05) is 30.3 Å². The molecule has 5 heteroatoms. The summed E-state index contributed by atoms with van der Waals surface area (Å²) >= 11 is 0. The molecule has 0 aliphatic carbocycles. The van der Waals surface area contributed by atoms with Gasteiger partial charge in [-0.3, -0.25) is 9.80 Å². The maximum atomic E-state index is 11.5. The van der Waals surface area contributed by atoms with Gasteiger partial charge in [-0.15, -0.1) is 0 Å². The summed E-state index contributed by atoms with van der Waals surface area (Å²) in [5.74, 6) is -0.240. The van der Waals surface area contributed by atoms with Crippen LogP contribution in [0.4, 0.5) is 10.5 Å². The van der Waals surface area contributed by atoms with E-state index in [1.165, 1.54) is 7.11 Å². The minimum absolute atomic E-state index is 0.240. The van der Waals surface area contributed by atoms with Crippen molar-refractivity contribution in [2.45, 2.75) is 6.42 Å². The van der Waals surface area contributed by atoms with E-state index in [-0.39, 0.29) is 5.91 Å². The number of carbonyl (C=O) groups excluding carboxylic acids is 2. The van der Waals surface area contributed by atoms with Gasteiger partial charge in [-0.25, -0.2) is 4.79 Å². The van der Waals surface area contributed by atoms with Crippen LogP contribution in [0.3, 0.4) is 0 Å². The van der Waals surface area contributed by atoms with Gasteiger partial charge in [0.2, 0.25) is 0 Å². The number of ether oxygens (including phenoxy) is 1. The number of hydrazine groups is 1. The molecule has 0 radical (unpaired) electrons. The molecule has 5 nitrogen and oxygen atoms in total. The van der Waals surface area contributed by atoms with Crippen molar-refractivity contribution in [2.75, 3.05) is 18.7 Å². The van der Waals surface area contributed by atoms with Crippen LogP contribution in [0.15, 0.2) is 30.3 Å². The fourth-order valence-corrected chi connectivity index (χ4v) is 1.67. The lowest BCUT2D eigenvalue weighted by Crippen LogP contribution is -2.43. The lowest BCUT2D eigenvalue weighted by Gasteiger charge is -2.26. The Morgan fingerprint density at radius 2 is 2.00 bits per heavy atom. The first kappa shape index (κ1) is 10.5. The standard InChI is InChI=1S/C11H12N2O3/c1-16-11(15)13-10(14)7-8-12(13)9-5-3-2-4-6-9/h2-6H,7-8H2,1H3. The molecule has 1 fully saturated rings. The topological polar surface area (TPSA) is 49.9 Å². The summed E-state index contributed by atoms with van der Waals surface area (Å²) in [7, 11) is 1.26. The van der Waals surface area contributed by atoms with E-state index in [1.54, 1.807) is 5.01 Å². The molecule has 1 heterocycles. The first-order chi connectivity index (χ1) is 7.74. The Kier molecular flexibility index (Phi) is 2.76. The van der Waals surface area contributed by atoms with Gasteiger partial charge >= 0.3 is 6.09 Å². The number of rotatable bonds is 1. The SMILES string of the molecule is COC(=O)N1C(=O)CCN1c1ccccc1. The van der Waals surface area contributed by atoms with Crippen molar-refractivity contribution in [1.29, 1.82) is 0 Å². The number of hydrogen-bond donors (Lipinski definition) is 0. The molecule has 0 atom stereocenters. The number of amides is 2. The molecule has 1 aliphatic heterocycles. The summed E-state index contributed by atoms with van der Waals surface area (Å²) in [5, 5.41) is 2.66. The van der Waals surface area contributed by atoms with Crippen LogP contribution >= 0.6 is 0 Å². The van der Waals surface area contributed by atoms with Crippen molar-refractivity contribution < 1.29 is 14.3 Å². The second kappa shape index (κ2) is 4.22. The van der Waals surface area contributed by atoms with E-state index in [2.05, 4.69) is 4.74 Å². The third-order valence-electron chi connectivity index (χ3n) is 2.42. The highest BCUT2D eigenvalue weighted by atomic mass is 16.5. The third-order valence-corrected chi connectivity index (χ3v) is 2.42. The van der Waals surface area contributed by atoms with Gasteiger partial charge in [0.15, 0.2) is 0 Å². The number of benzene rings is 1. The summed E-state index contributed by atoms with van der Waals surface area (Å²) in [4.78, 5) is 23.0. The van der Waals surface area contributed by atoms with Crippen LogP contribution in [0, 0.1) is 0 Å². The number of hydrogen-bond acceptors (Lipinski definition) is 4. The highest BCUT2D eigenvalue weighted by Gasteiger charge is 2.35. The summed E-state index contributed by atoms with van der Waals surface area (Å²) in [6.45, 7) is 0.498. The van der Waals surface area contributed by atoms with Crippen molar-refractivity contribution in [1.82, 2.24) is 5.01 Å². The second-order valence-corrected chi connectivity index (χ2v) is 3.38. The highest BCUT2D eigenvalue weighted by molar-refractivity contribution is 5.96. The largest absolute Gasteiger partial charge is 0.451 e. The smallest absolute Gasteiger partial charge is 0.435 e. The van der Waals surface area contributed by atoms with Crippen LogP contribution in [-0.4, -0.2) is 30.7 Å². The molecule has 0 aromatic heterocycles. The minimum atomic E-state index is -0.647. The molecule has 1 saturated heterocycles. The Morgan fingerprint density at radius 1 is 1.31 bits per heavy atom. The number of para-hydroxylation sites is 1. The van der Waals surface area contributed by atoms with E-state index in [0.29, 0.717) is 13.0 Å². The molecule has 1 aromatic carbocycles. The van der Waals surface area contributed by atoms with Gasteiger partial charge in [0.05, 0.1) is 12.8 Å². The molecule has 0 unspecified atom stereocenters. The lowest BCUT2D eigenvalue weighted by molar-refractivity contribution is -0.126. The zero-order valence-corrected chi connectivity index (χ0v) is 8.92. The Morgan fingerprint density at radius 3 is 2.62 bits per heavy atom. The summed E-state index contributed by atoms with van der Waals surface area (Å²) in [6.07, 6.45) is -0.323. The van der Waals surface area contributed by atoms with Gasteiger partial charge in [0.25, 0.3) is 5.91 Å². The van der Waals surface area contributed by atoms with Crippen LogP contribution in [0.1, 0.15) is 6.42 Å². The lowest BCUT2D eigenvalue weighted by atomic mass is 10.3. The minimum Gasteiger partial charge on any atom is -0.451 e. The molecule has 2 rings (SSSR count). The van der Waals surface area contributed by atoms with Crippen LogP contribution in [0.2, 0.25) is 0 Å². The average Bonchev–Trinajstić information content (AvgIpc) is 2.71. The van der Waals surface area contributed by atoms with E-state index in [9.17, 15) is 9.59 Å². The maximum absolute atomic E-state index is 11.5. The van der Waals surface area contributed by atoms with Gasteiger partial charge in [0.1, 0.15) is 0 Å². The maximum Gasteiger partial charge on any atom is 0.435 e. The molecule has 0 N–H and O–H groups in total. The van der Waals surface area contributed by atoms with Crippen molar-refractivity contribution in [3.05, 3.63) is 30.3 Å². The fourth-order valence-electron chi connectivity index (χ4n) is 1.67. The normalized spacial score (nSPS) is 15.4. The fraction of sp³-hybridized carbons (Fsp3) is 0.273. The number of imide groups is 1. The van der Waals surface area contributed by atoms with Crippen molar-refractivity contribution >= 4 is 17.7 Å². The van der Waals surface area contributed by atoms with Gasteiger partial charge in [-0.05, 0) is 12.1 Å². The predicted molar refractivity (Wildman–Crippen MR) is 57.7 cm³/mol. The van der Waals surface area contributed by atoms with E-state index in [0.717, 1.165) is 10.7 Å². The van der Waals surface area contributed by atoms with Crippen LogP contribution in [0.25, 0.3) is 0 Å². The highest BCUT2D eigenvalue weighted by Crippen LogP contribution is 2.22. The van der Waals surface area contributed by atoms with Crippen molar-refractivity contribution in [3.8, 4) is 0 Å². The van der Waals surface area contributed by atoms with E-state index in [4.69, 9.17) is 0 Å². The monoisotopic (exact) mass is 220 g/mol. The van der Waals surface area contributed by atoms with E-state index >= 15 is 0 Å². The Labute approximate surface area is 93.2 Å². The Hall–Kier alpha value is -2.04. The zero-order chi connectivity index (χ0) is 11.5. The van der Waals surface area contributed by atoms with Crippen LogP contribution in [-0.2, 0) is 9.53 Å². The molecule has 2 amide bonds. The number of methoxy groups -OCH3 is 1. The number of nitrogens with zero attached hydrogens (tertiary/aromatic N) is 2. The first-order valence-corrected chi connectivity index (χ1v) is 4.97. The number of anilines is 1. The summed E-state index contributed by atoms with van der Waals surface area (Å²) in [5.41, 5.74) is 0.804. The molecule has 1 aromatic rings. The van der Waals surface area contributed by atoms with Gasteiger partial charge in [0, 0.05) is 13.0 Å². The number of carbonyl (C=O) groups is 2. The van der Waals surface area contributed by atoms with Crippen molar-refractivity contribution in [2.24, 2.45) is 0 Å². The van der Waals surface area contributed by atoms with Crippen LogP contribution < -0.4 is 5.01 Å². The molecular weight excluding hydrogens is 208 g/mol. The quantitative estimate of drug-likeness (QED) is 0.718. The molecule has 0 spiro atoms. The molecule has 16 heavy (non-hydrogen) atoms. The molecule has 1 aliphatic rings. The van der Waals surface area contributed by atoms with Gasteiger partial charge in [-0.2, -0.15) is 5.01 Å². The molecule has 84 valence electrons.